The third-order valence-electron chi connectivity index (χ3n) is 2.49. The van der Waals surface area contributed by atoms with E-state index in [2.05, 4.69) is 0 Å². The number of hydrogen-bond donors (Lipinski definition) is 2. The fourth-order valence-corrected chi connectivity index (χ4v) is 4.01. The smallest absolute Gasteiger partial charge is 0.271 e. The predicted octanol–water partition coefficient (Wildman–Crippen LogP) is 2.33. The maximum absolute atomic E-state index is 13.4. The van der Waals surface area contributed by atoms with Crippen LogP contribution < -0.4 is 10.5 Å². The van der Waals surface area contributed by atoms with Gasteiger partial charge in [0.05, 0.1) is 0 Å². The summed E-state index contributed by atoms with van der Waals surface area (Å²) in [6.45, 7) is 0.398. The molecule has 2 rings (SSSR count). The number of anilines is 1. The molecule has 0 fully saturated rings. The van der Waals surface area contributed by atoms with E-state index in [0.717, 1.165) is 34.4 Å². The molecule has 108 valence electrons. The number of benzene rings is 1. The van der Waals surface area contributed by atoms with Gasteiger partial charge in [-0.15, -0.1) is 11.3 Å². The Hall–Kier alpha value is -1.51. The molecule has 4 nitrogen and oxygen atoms in total. The number of nitrogens with two attached hydrogens (primary N) is 1. The molecule has 1 aromatic carbocycles. The Morgan fingerprint density at radius 3 is 2.40 bits per heavy atom. The Labute approximate surface area is 119 Å². The molecule has 0 aliphatic heterocycles. The lowest BCUT2D eigenvalue weighted by Crippen LogP contribution is -2.13. The zero-order valence-electron chi connectivity index (χ0n) is 10.3. The number of para-hydroxylation sites is 1. The van der Waals surface area contributed by atoms with Crippen LogP contribution in [0.15, 0.2) is 34.5 Å². The van der Waals surface area contributed by atoms with E-state index in [1.807, 2.05) is 4.72 Å². The molecule has 0 bridgehead atoms. The van der Waals surface area contributed by atoms with Crippen LogP contribution in [0.4, 0.5) is 14.5 Å². The van der Waals surface area contributed by atoms with Crippen molar-refractivity contribution in [3.8, 4) is 0 Å². The van der Waals surface area contributed by atoms with Crippen molar-refractivity contribution in [3.63, 3.8) is 0 Å². The number of halogens is 2. The van der Waals surface area contributed by atoms with E-state index in [-0.39, 0.29) is 4.21 Å². The summed E-state index contributed by atoms with van der Waals surface area (Å²) in [5, 5.41) is 0. The molecule has 1 aromatic heterocycles. The van der Waals surface area contributed by atoms with E-state index in [4.69, 9.17) is 5.73 Å². The van der Waals surface area contributed by atoms with E-state index in [1.54, 1.807) is 6.07 Å². The van der Waals surface area contributed by atoms with Gasteiger partial charge in [0, 0.05) is 4.88 Å². The van der Waals surface area contributed by atoms with Gasteiger partial charge in [0.15, 0.2) is 0 Å². The van der Waals surface area contributed by atoms with Gasteiger partial charge < -0.3 is 5.73 Å². The highest BCUT2D eigenvalue weighted by Gasteiger charge is 2.20. The zero-order chi connectivity index (χ0) is 14.8. The molecule has 0 aliphatic carbocycles. The first kappa shape index (κ1) is 14.9. The van der Waals surface area contributed by atoms with E-state index >= 15 is 0 Å². The van der Waals surface area contributed by atoms with Crippen LogP contribution >= 0.6 is 11.3 Å². The summed E-state index contributed by atoms with van der Waals surface area (Å²) in [6, 6.07) is 6.14. The predicted molar refractivity (Wildman–Crippen MR) is 74.2 cm³/mol. The average Bonchev–Trinajstić information content (AvgIpc) is 2.84. The van der Waals surface area contributed by atoms with Crippen molar-refractivity contribution in [2.24, 2.45) is 5.73 Å². The molecule has 0 aliphatic rings. The summed E-state index contributed by atoms with van der Waals surface area (Å²) in [7, 11) is -4.01. The molecule has 1 heterocycles. The minimum absolute atomic E-state index is 0.0106. The molecule has 3 N–H and O–H groups in total. The van der Waals surface area contributed by atoms with Crippen LogP contribution in [-0.4, -0.2) is 15.0 Å². The molecular formula is C12H12F2N2O2S2. The van der Waals surface area contributed by atoms with Gasteiger partial charge in [-0.25, -0.2) is 17.2 Å². The lowest BCUT2D eigenvalue weighted by Gasteiger charge is -2.08. The van der Waals surface area contributed by atoms with Crippen molar-refractivity contribution in [3.05, 3.63) is 46.8 Å². The van der Waals surface area contributed by atoms with Gasteiger partial charge in [0.1, 0.15) is 21.5 Å². The molecule has 0 atom stereocenters. The Morgan fingerprint density at radius 2 is 1.80 bits per heavy atom. The van der Waals surface area contributed by atoms with Crippen LogP contribution in [0.25, 0.3) is 0 Å². The van der Waals surface area contributed by atoms with Gasteiger partial charge in [0.25, 0.3) is 10.0 Å². The molecule has 0 radical (unpaired) electrons. The summed E-state index contributed by atoms with van der Waals surface area (Å²) < 4.78 is 52.9. The molecule has 0 unspecified atom stereocenters. The summed E-state index contributed by atoms with van der Waals surface area (Å²) in [6.07, 6.45) is 0.550. The van der Waals surface area contributed by atoms with Crippen molar-refractivity contribution >= 4 is 27.0 Å². The minimum Gasteiger partial charge on any atom is -0.330 e. The van der Waals surface area contributed by atoms with Crippen LogP contribution in [0.5, 0.6) is 0 Å². The largest absolute Gasteiger partial charge is 0.330 e. The van der Waals surface area contributed by atoms with E-state index < -0.39 is 27.3 Å². The molecular weight excluding hydrogens is 306 g/mol. The summed E-state index contributed by atoms with van der Waals surface area (Å²) in [5.74, 6) is -1.93. The van der Waals surface area contributed by atoms with Crippen molar-refractivity contribution in [1.82, 2.24) is 0 Å². The lowest BCUT2D eigenvalue weighted by atomic mass is 10.3. The van der Waals surface area contributed by atoms with Crippen LogP contribution in [0, 0.1) is 11.6 Å². The Bertz CT molecular complexity index is 694. The Morgan fingerprint density at radius 1 is 1.15 bits per heavy atom. The van der Waals surface area contributed by atoms with Crippen LogP contribution in [0.2, 0.25) is 0 Å². The molecule has 0 saturated heterocycles. The maximum atomic E-state index is 13.4. The highest BCUT2D eigenvalue weighted by molar-refractivity contribution is 7.94. The third kappa shape index (κ3) is 3.14. The summed E-state index contributed by atoms with van der Waals surface area (Å²) >= 11 is 1.02. The maximum Gasteiger partial charge on any atom is 0.271 e. The second kappa shape index (κ2) is 5.86. The van der Waals surface area contributed by atoms with Crippen LogP contribution in [0.3, 0.4) is 0 Å². The van der Waals surface area contributed by atoms with Crippen LogP contribution in [0.1, 0.15) is 4.88 Å². The van der Waals surface area contributed by atoms with Crippen molar-refractivity contribution in [1.29, 1.82) is 0 Å². The second-order valence-corrected chi connectivity index (χ2v) is 7.04. The normalized spacial score (nSPS) is 11.6. The fourth-order valence-electron chi connectivity index (χ4n) is 1.56. The van der Waals surface area contributed by atoms with Crippen LogP contribution in [-0.2, 0) is 16.4 Å². The molecule has 8 heteroatoms. The lowest BCUT2D eigenvalue weighted by molar-refractivity contribution is 0.583. The van der Waals surface area contributed by atoms with Gasteiger partial charge in [-0.1, -0.05) is 6.07 Å². The highest BCUT2D eigenvalue weighted by Crippen LogP contribution is 2.26. The van der Waals surface area contributed by atoms with Gasteiger partial charge in [-0.05, 0) is 37.2 Å². The SMILES string of the molecule is NCCc1ccc(S(=O)(=O)Nc2c(F)cccc2F)s1. The van der Waals surface area contributed by atoms with Gasteiger partial charge in [-0.3, -0.25) is 4.72 Å². The molecule has 0 spiro atoms. The summed E-state index contributed by atoms with van der Waals surface area (Å²) in [5.41, 5.74) is 4.71. The monoisotopic (exact) mass is 318 g/mol. The first-order valence-electron chi connectivity index (χ1n) is 5.69. The van der Waals surface area contributed by atoms with E-state index in [0.29, 0.717) is 13.0 Å². The fraction of sp³-hybridized carbons (Fsp3) is 0.167. The number of rotatable bonds is 5. The van der Waals surface area contributed by atoms with Crippen molar-refractivity contribution in [2.45, 2.75) is 10.6 Å². The average molecular weight is 318 g/mol. The molecule has 20 heavy (non-hydrogen) atoms. The van der Waals surface area contributed by atoms with Crippen molar-refractivity contribution < 1.29 is 17.2 Å². The zero-order valence-corrected chi connectivity index (χ0v) is 11.9. The number of thiophene rings is 1. The Balaban J connectivity index is 2.31. The third-order valence-corrected chi connectivity index (χ3v) is 5.48. The molecule has 0 saturated carbocycles. The standard InChI is InChI=1S/C12H12F2N2O2S2/c13-9-2-1-3-10(14)12(9)16-20(17,18)11-5-4-8(19-11)6-7-15/h1-5,16H,6-7,15H2. The molecule has 2 aromatic rings. The topological polar surface area (TPSA) is 72.2 Å². The second-order valence-electron chi connectivity index (χ2n) is 3.96. The van der Waals surface area contributed by atoms with E-state index in [1.165, 1.54) is 6.07 Å². The van der Waals surface area contributed by atoms with Gasteiger partial charge in [0.2, 0.25) is 0 Å². The molecule has 0 amide bonds. The first-order chi connectivity index (χ1) is 9.44. The van der Waals surface area contributed by atoms with Crippen molar-refractivity contribution in [2.75, 3.05) is 11.3 Å². The Kier molecular flexibility index (Phi) is 4.36. The number of sulfonamides is 1. The quantitative estimate of drug-likeness (QED) is 0.889. The summed E-state index contributed by atoms with van der Waals surface area (Å²) in [4.78, 5) is 0.793. The van der Waals surface area contributed by atoms with E-state index in [9.17, 15) is 17.2 Å². The number of nitrogens with one attached hydrogen (secondary N) is 1. The first-order valence-corrected chi connectivity index (χ1v) is 7.99. The van der Waals surface area contributed by atoms with Gasteiger partial charge in [-0.2, -0.15) is 0 Å². The highest BCUT2D eigenvalue weighted by atomic mass is 32.2. The minimum atomic E-state index is -4.01. The van der Waals surface area contributed by atoms with Gasteiger partial charge >= 0.3 is 0 Å². The number of hydrogen-bond acceptors (Lipinski definition) is 4.